The van der Waals surface area contributed by atoms with E-state index in [4.69, 9.17) is 16.3 Å². The molecule has 0 spiro atoms. The summed E-state index contributed by atoms with van der Waals surface area (Å²) in [6.07, 6.45) is 0.358. The molecular weight excluding hydrogens is 224 g/mol. The van der Waals surface area contributed by atoms with E-state index in [1.165, 1.54) is 0 Å². The average Bonchev–Trinajstić information content (AvgIpc) is 2.28. The molecule has 0 saturated heterocycles. The van der Waals surface area contributed by atoms with Crippen molar-refractivity contribution in [3.8, 4) is 0 Å². The molecule has 90 valence electrons. The number of methoxy groups -OCH3 is 1. The second-order valence-corrected chi connectivity index (χ2v) is 4.62. The minimum Gasteiger partial charge on any atom is -0.388 e. The molecule has 0 saturated carbocycles. The van der Waals surface area contributed by atoms with Gasteiger partial charge in [-0.2, -0.15) is 0 Å². The Labute approximate surface area is 102 Å². The van der Waals surface area contributed by atoms with Gasteiger partial charge >= 0.3 is 0 Å². The third-order valence-corrected chi connectivity index (χ3v) is 3.26. The molecule has 1 aromatic carbocycles. The van der Waals surface area contributed by atoms with Crippen LogP contribution in [0.2, 0.25) is 5.02 Å². The number of hydrogen-bond acceptors (Lipinski definition) is 2. The van der Waals surface area contributed by atoms with Gasteiger partial charge in [0.05, 0.1) is 6.10 Å². The second kappa shape index (κ2) is 6.24. The highest BCUT2D eigenvalue weighted by atomic mass is 35.5. The summed E-state index contributed by atoms with van der Waals surface area (Å²) in [6, 6.07) is 5.70. The van der Waals surface area contributed by atoms with E-state index < -0.39 is 6.10 Å². The Kier molecular flexibility index (Phi) is 5.26. The Morgan fingerprint density at radius 1 is 1.44 bits per heavy atom. The van der Waals surface area contributed by atoms with Gasteiger partial charge in [0.15, 0.2) is 0 Å². The molecule has 0 radical (unpaired) electrons. The highest BCUT2D eigenvalue weighted by Crippen LogP contribution is 2.27. The first-order valence-corrected chi connectivity index (χ1v) is 5.87. The van der Waals surface area contributed by atoms with Crippen LogP contribution in [0.1, 0.15) is 30.6 Å². The van der Waals surface area contributed by atoms with Gasteiger partial charge in [-0.3, -0.25) is 0 Å². The first-order chi connectivity index (χ1) is 7.56. The Morgan fingerprint density at radius 2 is 2.12 bits per heavy atom. The third kappa shape index (κ3) is 3.48. The van der Waals surface area contributed by atoms with Crippen LogP contribution in [0.15, 0.2) is 18.2 Å². The molecular formula is C13H19ClO2. The van der Waals surface area contributed by atoms with Gasteiger partial charge in [-0.05, 0) is 36.5 Å². The minimum atomic E-state index is -0.478. The van der Waals surface area contributed by atoms with Crippen LogP contribution in [-0.4, -0.2) is 18.8 Å². The van der Waals surface area contributed by atoms with Gasteiger partial charge in [0.2, 0.25) is 0 Å². The monoisotopic (exact) mass is 242 g/mol. The van der Waals surface area contributed by atoms with E-state index in [1.807, 2.05) is 32.0 Å². The smallest absolute Gasteiger partial charge is 0.0816 e. The fraction of sp³-hybridized carbons (Fsp3) is 0.538. The van der Waals surface area contributed by atoms with Crippen molar-refractivity contribution in [3.05, 3.63) is 34.3 Å². The largest absolute Gasteiger partial charge is 0.388 e. The Hall–Kier alpha value is -0.570. The Morgan fingerprint density at radius 3 is 2.69 bits per heavy atom. The molecule has 3 heteroatoms. The predicted octanol–water partition coefficient (Wildman–Crippen LogP) is 3.35. The molecule has 1 N–H and O–H groups in total. The van der Waals surface area contributed by atoms with Crippen LogP contribution in [0.25, 0.3) is 0 Å². The van der Waals surface area contributed by atoms with E-state index in [1.54, 1.807) is 7.11 Å². The maximum atomic E-state index is 10.1. The molecule has 0 heterocycles. The van der Waals surface area contributed by atoms with E-state index in [0.29, 0.717) is 11.6 Å². The van der Waals surface area contributed by atoms with Gasteiger partial charge in [-0.15, -0.1) is 0 Å². The first kappa shape index (κ1) is 13.5. The number of aryl methyl sites for hydroxylation is 1. The van der Waals surface area contributed by atoms with Gasteiger partial charge < -0.3 is 9.84 Å². The lowest BCUT2D eigenvalue weighted by Crippen LogP contribution is -2.11. The Bertz CT molecular complexity index is 339. The number of hydrogen-bond donors (Lipinski definition) is 1. The van der Waals surface area contributed by atoms with E-state index in [0.717, 1.165) is 17.5 Å². The molecule has 1 aromatic rings. The maximum Gasteiger partial charge on any atom is 0.0816 e. The Balaban J connectivity index is 2.71. The first-order valence-electron chi connectivity index (χ1n) is 5.49. The lowest BCUT2D eigenvalue weighted by Gasteiger charge is -2.19. The average molecular weight is 243 g/mol. The quantitative estimate of drug-likeness (QED) is 0.858. The maximum absolute atomic E-state index is 10.1. The summed E-state index contributed by atoms with van der Waals surface area (Å²) in [5.74, 6) is 0.165. The van der Waals surface area contributed by atoms with Gasteiger partial charge in [-0.1, -0.05) is 30.7 Å². The van der Waals surface area contributed by atoms with Crippen LogP contribution in [0, 0.1) is 12.8 Å². The highest BCUT2D eigenvalue weighted by molar-refractivity contribution is 6.31. The van der Waals surface area contributed by atoms with Crippen LogP contribution in [0.4, 0.5) is 0 Å². The molecule has 0 bridgehead atoms. The zero-order chi connectivity index (χ0) is 12.1. The summed E-state index contributed by atoms with van der Waals surface area (Å²) >= 11 is 6.03. The molecule has 2 nitrogen and oxygen atoms in total. The molecule has 0 fully saturated rings. The van der Waals surface area contributed by atoms with E-state index in [2.05, 4.69) is 0 Å². The normalized spacial score (nSPS) is 14.8. The van der Waals surface area contributed by atoms with Crippen LogP contribution in [0.3, 0.4) is 0 Å². The molecule has 1 rings (SSSR count). The van der Waals surface area contributed by atoms with Crippen LogP contribution < -0.4 is 0 Å². The SMILES string of the molecule is COCCC(C)C(O)c1ccc(C)c(Cl)c1. The van der Waals surface area contributed by atoms with Crippen molar-refractivity contribution in [1.29, 1.82) is 0 Å². The van der Waals surface area contributed by atoms with Crippen LogP contribution in [-0.2, 0) is 4.74 Å². The summed E-state index contributed by atoms with van der Waals surface area (Å²) < 4.78 is 5.00. The molecule has 16 heavy (non-hydrogen) atoms. The molecule has 0 aliphatic heterocycles. The molecule has 0 amide bonds. The van der Waals surface area contributed by atoms with E-state index >= 15 is 0 Å². The van der Waals surface area contributed by atoms with Crippen molar-refractivity contribution in [2.45, 2.75) is 26.4 Å². The van der Waals surface area contributed by atoms with Gasteiger partial charge in [0.1, 0.15) is 0 Å². The molecule has 0 aliphatic rings. The minimum absolute atomic E-state index is 0.165. The van der Waals surface area contributed by atoms with Crippen molar-refractivity contribution in [2.24, 2.45) is 5.92 Å². The molecule has 0 aromatic heterocycles. The number of ether oxygens (including phenoxy) is 1. The summed E-state index contributed by atoms with van der Waals surface area (Å²) in [4.78, 5) is 0. The third-order valence-electron chi connectivity index (χ3n) is 2.85. The van der Waals surface area contributed by atoms with Gasteiger partial charge in [0, 0.05) is 18.7 Å². The zero-order valence-electron chi connectivity index (χ0n) is 10.0. The van der Waals surface area contributed by atoms with Crippen molar-refractivity contribution in [1.82, 2.24) is 0 Å². The zero-order valence-corrected chi connectivity index (χ0v) is 10.8. The number of aliphatic hydroxyl groups is 1. The number of rotatable bonds is 5. The van der Waals surface area contributed by atoms with Crippen molar-refractivity contribution in [2.75, 3.05) is 13.7 Å². The number of benzene rings is 1. The van der Waals surface area contributed by atoms with E-state index in [9.17, 15) is 5.11 Å². The summed E-state index contributed by atoms with van der Waals surface area (Å²) in [7, 11) is 1.67. The standard InChI is InChI=1S/C13H19ClO2/c1-9-4-5-11(8-12(9)14)13(15)10(2)6-7-16-3/h4-5,8,10,13,15H,6-7H2,1-3H3. The van der Waals surface area contributed by atoms with Gasteiger partial charge in [-0.25, -0.2) is 0 Å². The fourth-order valence-electron chi connectivity index (χ4n) is 1.58. The van der Waals surface area contributed by atoms with Gasteiger partial charge in [0.25, 0.3) is 0 Å². The predicted molar refractivity (Wildman–Crippen MR) is 66.8 cm³/mol. The van der Waals surface area contributed by atoms with Crippen LogP contribution in [0.5, 0.6) is 0 Å². The summed E-state index contributed by atoms with van der Waals surface area (Å²) in [5, 5.41) is 10.8. The van der Waals surface area contributed by atoms with Crippen molar-refractivity contribution >= 4 is 11.6 Å². The van der Waals surface area contributed by atoms with Crippen LogP contribution >= 0.6 is 11.6 Å². The highest BCUT2D eigenvalue weighted by Gasteiger charge is 2.16. The fourth-order valence-corrected chi connectivity index (χ4v) is 1.77. The summed E-state index contributed by atoms with van der Waals surface area (Å²) in [6.45, 7) is 4.63. The topological polar surface area (TPSA) is 29.5 Å². The molecule has 0 aliphatic carbocycles. The molecule has 2 unspecified atom stereocenters. The molecule has 2 atom stereocenters. The van der Waals surface area contributed by atoms with Crippen molar-refractivity contribution < 1.29 is 9.84 Å². The van der Waals surface area contributed by atoms with E-state index in [-0.39, 0.29) is 5.92 Å². The number of aliphatic hydroxyl groups excluding tert-OH is 1. The number of halogens is 1. The van der Waals surface area contributed by atoms with Crippen molar-refractivity contribution in [3.63, 3.8) is 0 Å². The lowest BCUT2D eigenvalue weighted by atomic mass is 9.94. The second-order valence-electron chi connectivity index (χ2n) is 4.21. The lowest BCUT2D eigenvalue weighted by molar-refractivity contribution is 0.0886. The summed E-state index contributed by atoms with van der Waals surface area (Å²) in [5.41, 5.74) is 1.90.